The van der Waals surface area contributed by atoms with Crippen molar-refractivity contribution < 1.29 is 0 Å². The summed E-state index contributed by atoms with van der Waals surface area (Å²) in [5.74, 6) is 0. The van der Waals surface area contributed by atoms with E-state index in [1.165, 1.54) is 10.8 Å². The number of likely N-dealkylation sites (N-methyl/N-ethyl adjacent to an activating group) is 1. The van der Waals surface area contributed by atoms with Gasteiger partial charge in [0, 0.05) is 30.7 Å². The largest absolute Gasteiger partial charge is 0.307 e. The Morgan fingerprint density at radius 2 is 2.05 bits per heavy atom. The lowest BCUT2D eigenvalue weighted by molar-refractivity contribution is 0.309. The third kappa shape index (κ3) is 3.75. The second-order valence-corrected chi connectivity index (χ2v) is 5.12. The molecule has 2 aromatic rings. The zero-order valence-corrected chi connectivity index (χ0v) is 12.1. The fourth-order valence-corrected chi connectivity index (χ4v) is 2.26. The van der Waals surface area contributed by atoms with Gasteiger partial charge in [0.2, 0.25) is 0 Å². The molecule has 0 saturated carbocycles. The molecule has 0 bridgehead atoms. The van der Waals surface area contributed by atoms with Crippen molar-refractivity contribution in [1.82, 2.24) is 15.2 Å². The molecule has 1 aromatic heterocycles. The zero-order chi connectivity index (χ0) is 13.7. The molecule has 0 radical (unpaired) electrons. The van der Waals surface area contributed by atoms with E-state index in [0.29, 0.717) is 6.04 Å². The average molecular weight is 257 g/mol. The minimum absolute atomic E-state index is 0.464. The van der Waals surface area contributed by atoms with E-state index in [1.54, 1.807) is 0 Å². The molecule has 0 fully saturated rings. The van der Waals surface area contributed by atoms with Crippen LogP contribution in [0.15, 0.2) is 36.5 Å². The van der Waals surface area contributed by atoms with E-state index in [-0.39, 0.29) is 0 Å². The summed E-state index contributed by atoms with van der Waals surface area (Å²) in [5, 5.41) is 6.05. The van der Waals surface area contributed by atoms with Gasteiger partial charge in [0.25, 0.3) is 0 Å². The van der Waals surface area contributed by atoms with Gasteiger partial charge in [-0.3, -0.25) is 4.98 Å². The van der Waals surface area contributed by atoms with Crippen LogP contribution in [-0.2, 0) is 6.54 Å². The Morgan fingerprint density at radius 1 is 1.26 bits per heavy atom. The highest BCUT2D eigenvalue weighted by Gasteiger charge is 2.06. The van der Waals surface area contributed by atoms with Gasteiger partial charge in [0.05, 0.1) is 5.69 Å². The van der Waals surface area contributed by atoms with Crippen molar-refractivity contribution >= 4 is 10.8 Å². The van der Waals surface area contributed by atoms with Crippen molar-refractivity contribution in [2.45, 2.75) is 26.4 Å². The molecule has 0 saturated heterocycles. The highest BCUT2D eigenvalue weighted by Crippen LogP contribution is 2.16. The number of pyridine rings is 1. The molecule has 1 atom stereocenters. The van der Waals surface area contributed by atoms with Crippen LogP contribution in [0.3, 0.4) is 0 Å². The lowest BCUT2D eigenvalue weighted by Crippen LogP contribution is -2.37. The molecule has 3 heteroatoms. The third-order valence-corrected chi connectivity index (χ3v) is 3.50. The molecule has 102 valence electrons. The molecule has 0 aliphatic heterocycles. The number of nitrogens with one attached hydrogen (secondary N) is 1. The van der Waals surface area contributed by atoms with Gasteiger partial charge in [-0.05, 0) is 32.0 Å². The monoisotopic (exact) mass is 257 g/mol. The minimum Gasteiger partial charge on any atom is -0.307 e. The van der Waals surface area contributed by atoms with Crippen LogP contribution in [0.25, 0.3) is 10.8 Å². The molecular formula is C16H23N3. The van der Waals surface area contributed by atoms with Crippen LogP contribution in [0.5, 0.6) is 0 Å². The SMILES string of the molecule is CCN(C)CC(C)NCc1nccc2ccccc12. The second kappa shape index (κ2) is 6.64. The Morgan fingerprint density at radius 3 is 2.84 bits per heavy atom. The first-order valence-corrected chi connectivity index (χ1v) is 6.95. The van der Waals surface area contributed by atoms with E-state index >= 15 is 0 Å². The van der Waals surface area contributed by atoms with Crippen LogP contribution in [0.4, 0.5) is 0 Å². The van der Waals surface area contributed by atoms with Gasteiger partial charge in [-0.15, -0.1) is 0 Å². The molecule has 3 nitrogen and oxygen atoms in total. The van der Waals surface area contributed by atoms with Gasteiger partial charge in [0.1, 0.15) is 0 Å². The van der Waals surface area contributed by atoms with Crippen molar-refractivity contribution in [2.75, 3.05) is 20.1 Å². The van der Waals surface area contributed by atoms with E-state index in [0.717, 1.165) is 25.3 Å². The maximum atomic E-state index is 4.50. The number of nitrogens with zero attached hydrogens (tertiary/aromatic N) is 2. The van der Waals surface area contributed by atoms with Gasteiger partial charge in [-0.25, -0.2) is 0 Å². The number of hydrogen-bond donors (Lipinski definition) is 1. The Labute approximate surface area is 115 Å². The van der Waals surface area contributed by atoms with Gasteiger partial charge in [-0.1, -0.05) is 31.2 Å². The normalized spacial score (nSPS) is 13.1. The van der Waals surface area contributed by atoms with Crippen LogP contribution < -0.4 is 5.32 Å². The molecule has 0 aliphatic carbocycles. The average Bonchev–Trinajstić information content (AvgIpc) is 2.44. The van der Waals surface area contributed by atoms with Crippen LogP contribution in [0.2, 0.25) is 0 Å². The second-order valence-electron chi connectivity index (χ2n) is 5.12. The van der Waals surface area contributed by atoms with Crippen LogP contribution in [-0.4, -0.2) is 36.1 Å². The number of rotatable bonds is 6. The van der Waals surface area contributed by atoms with Gasteiger partial charge in [0.15, 0.2) is 0 Å². The molecule has 1 aromatic carbocycles. The zero-order valence-electron chi connectivity index (χ0n) is 12.1. The first-order valence-electron chi connectivity index (χ1n) is 6.95. The molecule has 0 amide bonds. The Bertz CT molecular complexity index is 519. The van der Waals surface area contributed by atoms with E-state index in [9.17, 15) is 0 Å². The molecule has 0 aliphatic rings. The molecule has 1 N–H and O–H groups in total. The lowest BCUT2D eigenvalue weighted by Gasteiger charge is -2.20. The van der Waals surface area contributed by atoms with Crippen molar-refractivity contribution in [3.05, 3.63) is 42.2 Å². The summed E-state index contributed by atoms with van der Waals surface area (Å²) < 4.78 is 0. The summed E-state index contributed by atoms with van der Waals surface area (Å²) in [5.41, 5.74) is 1.13. The summed E-state index contributed by atoms with van der Waals surface area (Å²) in [6.07, 6.45) is 1.89. The van der Waals surface area contributed by atoms with Crippen LogP contribution in [0, 0.1) is 0 Å². The highest BCUT2D eigenvalue weighted by molar-refractivity contribution is 5.84. The van der Waals surface area contributed by atoms with Gasteiger partial charge >= 0.3 is 0 Å². The van der Waals surface area contributed by atoms with Crippen molar-refractivity contribution in [1.29, 1.82) is 0 Å². The molecule has 1 heterocycles. The summed E-state index contributed by atoms with van der Waals surface area (Å²) in [6, 6.07) is 10.9. The predicted octanol–water partition coefficient (Wildman–Crippen LogP) is 2.66. The first-order chi connectivity index (χ1) is 9.20. The standard InChI is InChI=1S/C16H23N3/c1-4-19(3)12-13(2)18-11-16-15-8-6-5-7-14(15)9-10-17-16/h5-10,13,18H,4,11-12H2,1-3H3. The molecule has 2 rings (SSSR count). The third-order valence-electron chi connectivity index (χ3n) is 3.50. The lowest BCUT2D eigenvalue weighted by atomic mass is 10.1. The molecule has 1 unspecified atom stereocenters. The quantitative estimate of drug-likeness (QED) is 0.862. The van der Waals surface area contributed by atoms with E-state index < -0.39 is 0 Å². The van der Waals surface area contributed by atoms with E-state index in [1.807, 2.05) is 6.20 Å². The van der Waals surface area contributed by atoms with Gasteiger partial charge in [-0.2, -0.15) is 0 Å². The number of hydrogen-bond acceptors (Lipinski definition) is 3. The van der Waals surface area contributed by atoms with Crippen LogP contribution in [0.1, 0.15) is 19.5 Å². The summed E-state index contributed by atoms with van der Waals surface area (Å²) in [7, 11) is 2.15. The van der Waals surface area contributed by atoms with Crippen molar-refractivity contribution in [3.8, 4) is 0 Å². The summed E-state index contributed by atoms with van der Waals surface area (Å²) in [4.78, 5) is 6.82. The minimum atomic E-state index is 0.464. The highest BCUT2D eigenvalue weighted by atomic mass is 15.1. The van der Waals surface area contributed by atoms with Gasteiger partial charge < -0.3 is 10.2 Å². The Hall–Kier alpha value is -1.45. The maximum absolute atomic E-state index is 4.50. The molecular weight excluding hydrogens is 234 g/mol. The predicted molar refractivity (Wildman–Crippen MR) is 81.2 cm³/mol. The molecule has 0 spiro atoms. The van der Waals surface area contributed by atoms with E-state index in [2.05, 4.69) is 66.4 Å². The van der Waals surface area contributed by atoms with Crippen LogP contribution >= 0.6 is 0 Å². The van der Waals surface area contributed by atoms with Crippen molar-refractivity contribution in [2.24, 2.45) is 0 Å². The number of fused-ring (bicyclic) bond motifs is 1. The number of aromatic nitrogens is 1. The topological polar surface area (TPSA) is 28.2 Å². The Balaban J connectivity index is 2.02. The maximum Gasteiger partial charge on any atom is 0.0619 e. The molecule has 19 heavy (non-hydrogen) atoms. The fourth-order valence-electron chi connectivity index (χ4n) is 2.26. The van der Waals surface area contributed by atoms with E-state index in [4.69, 9.17) is 0 Å². The number of benzene rings is 1. The summed E-state index contributed by atoms with van der Waals surface area (Å²) >= 11 is 0. The summed E-state index contributed by atoms with van der Waals surface area (Å²) in [6.45, 7) is 7.36. The Kier molecular flexibility index (Phi) is 4.88. The smallest absolute Gasteiger partial charge is 0.0619 e. The fraction of sp³-hybridized carbons (Fsp3) is 0.438. The first kappa shape index (κ1) is 14.0. The van der Waals surface area contributed by atoms with Crippen molar-refractivity contribution in [3.63, 3.8) is 0 Å².